The summed E-state index contributed by atoms with van der Waals surface area (Å²) in [6.45, 7) is 3.21. The van der Waals surface area contributed by atoms with E-state index in [1.54, 1.807) is 13.0 Å². The zero-order valence-electron chi connectivity index (χ0n) is 21.4. The van der Waals surface area contributed by atoms with E-state index in [2.05, 4.69) is 0 Å². The molecule has 0 radical (unpaired) electrons. The van der Waals surface area contributed by atoms with Crippen molar-refractivity contribution >= 4 is 27.5 Å². The number of rotatable bonds is 9. The molecule has 38 heavy (non-hydrogen) atoms. The van der Waals surface area contributed by atoms with Crippen LogP contribution in [-0.2, 0) is 24.3 Å². The van der Waals surface area contributed by atoms with E-state index in [0.29, 0.717) is 18.7 Å². The average Bonchev–Trinajstić information content (AvgIpc) is 3.18. The van der Waals surface area contributed by atoms with Crippen LogP contribution in [0.15, 0.2) is 52.9 Å². The highest BCUT2D eigenvalue weighted by Crippen LogP contribution is 2.41. The van der Waals surface area contributed by atoms with Crippen molar-refractivity contribution in [2.45, 2.75) is 37.1 Å². The monoisotopic (exact) mass is 544 g/mol. The maximum Gasteiger partial charge on any atom is 0.295 e. The van der Waals surface area contributed by atoms with Crippen LogP contribution < -0.4 is 4.74 Å². The van der Waals surface area contributed by atoms with Crippen LogP contribution in [-0.4, -0.2) is 79.5 Å². The van der Waals surface area contributed by atoms with Gasteiger partial charge in [0.2, 0.25) is 10.0 Å². The van der Waals surface area contributed by atoms with Gasteiger partial charge in [-0.1, -0.05) is 12.5 Å². The summed E-state index contributed by atoms with van der Waals surface area (Å²) in [6.07, 6.45) is 2.61. The highest BCUT2D eigenvalue weighted by molar-refractivity contribution is 7.89. The topological polar surface area (TPSA) is 134 Å². The van der Waals surface area contributed by atoms with Gasteiger partial charge in [0.25, 0.3) is 11.7 Å². The molecule has 0 aliphatic carbocycles. The van der Waals surface area contributed by atoms with Crippen LogP contribution in [0.1, 0.15) is 43.4 Å². The third kappa shape index (κ3) is 5.27. The van der Waals surface area contributed by atoms with Crippen molar-refractivity contribution in [2.75, 3.05) is 40.0 Å². The lowest BCUT2D eigenvalue weighted by Gasteiger charge is -2.26. The van der Waals surface area contributed by atoms with Gasteiger partial charge in [-0.15, -0.1) is 0 Å². The number of hydrogen-bond acceptors (Lipinski definition) is 8. The van der Waals surface area contributed by atoms with Gasteiger partial charge in [-0.2, -0.15) is 4.31 Å². The summed E-state index contributed by atoms with van der Waals surface area (Å²) in [5, 5.41) is 21.4. The molecule has 0 saturated carbocycles. The van der Waals surface area contributed by atoms with Crippen molar-refractivity contribution in [3.05, 3.63) is 59.2 Å². The fourth-order valence-electron chi connectivity index (χ4n) is 4.81. The molecular weight excluding hydrogens is 512 g/mol. The van der Waals surface area contributed by atoms with Crippen LogP contribution in [0.2, 0.25) is 0 Å². The minimum atomic E-state index is -3.68. The zero-order chi connectivity index (χ0) is 27.4. The summed E-state index contributed by atoms with van der Waals surface area (Å²) in [7, 11) is -2.20. The highest BCUT2D eigenvalue weighted by Gasteiger charge is 2.46. The first-order valence-electron chi connectivity index (χ1n) is 12.5. The number of benzene rings is 2. The first-order chi connectivity index (χ1) is 18.2. The number of methoxy groups -OCH3 is 1. The number of ketones is 1. The molecule has 10 nitrogen and oxygen atoms in total. The van der Waals surface area contributed by atoms with Gasteiger partial charge in [-0.05, 0) is 61.7 Å². The molecule has 0 spiro atoms. The molecule has 2 heterocycles. The molecule has 2 aliphatic rings. The number of carbonyl (C=O) groups is 2. The Labute approximate surface area is 222 Å². The standard InChI is InChI=1S/C27H32N2O8S/c1-3-37-22-17-19(9-12-21(22)30)24-23(26(32)27(33)29(24)15-16-36-2)25(31)18-7-10-20(11-8-18)38(34,35)28-13-5-4-6-14-28/h7-12,17,24,30-31H,3-6,13-16H2,1-2H3/b25-23+/t24-/m1/s1. The molecule has 0 bridgehead atoms. The van der Waals surface area contributed by atoms with Crippen LogP contribution in [0.25, 0.3) is 5.76 Å². The molecule has 0 aromatic heterocycles. The summed E-state index contributed by atoms with van der Waals surface area (Å²) < 4.78 is 38.1. The fraction of sp³-hybridized carbons (Fsp3) is 0.407. The zero-order valence-corrected chi connectivity index (χ0v) is 22.2. The normalized spacial score (nSPS) is 20.2. The molecule has 11 heteroatoms. The van der Waals surface area contributed by atoms with E-state index in [1.807, 2.05) is 0 Å². The lowest BCUT2D eigenvalue weighted by atomic mass is 9.95. The third-order valence-corrected chi connectivity index (χ3v) is 8.67. The molecular formula is C27H32N2O8S. The number of Topliss-reactive ketones (excluding diaryl/α,β-unsaturated/α-hetero) is 1. The molecule has 2 aromatic rings. The lowest BCUT2D eigenvalue weighted by molar-refractivity contribution is -0.140. The smallest absolute Gasteiger partial charge is 0.295 e. The minimum Gasteiger partial charge on any atom is -0.507 e. The van der Waals surface area contributed by atoms with Crippen LogP contribution in [0.5, 0.6) is 11.5 Å². The van der Waals surface area contributed by atoms with Crippen LogP contribution in [0.3, 0.4) is 0 Å². The number of amides is 1. The molecule has 1 amide bonds. The second kappa shape index (κ2) is 11.5. The molecule has 2 saturated heterocycles. The number of hydrogen-bond donors (Lipinski definition) is 2. The summed E-state index contributed by atoms with van der Waals surface area (Å²) in [5.41, 5.74) is 0.499. The number of ether oxygens (including phenoxy) is 2. The first kappa shape index (κ1) is 27.6. The Bertz CT molecular complexity index is 1330. The van der Waals surface area contributed by atoms with Crippen molar-refractivity contribution in [2.24, 2.45) is 0 Å². The van der Waals surface area contributed by atoms with E-state index in [4.69, 9.17) is 9.47 Å². The van der Waals surface area contributed by atoms with Crippen LogP contribution >= 0.6 is 0 Å². The molecule has 0 unspecified atom stereocenters. The number of carbonyl (C=O) groups excluding carboxylic acids is 2. The van der Waals surface area contributed by atoms with E-state index in [1.165, 1.54) is 52.7 Å². The summed E-state index contributed by atoms with van der Waals surface area (Å²) in [5.74, 6) is -2.03. The number of nitrogens with zero attached hydrogens (tertiary/aromatic N) is 2. The van der Waals surface area contributed by atoms with Gasteiger partial charge in [0.1, 0.15) is 5.76 Å². The quantitative estimate of drug-likeness (QED) is 0.280. The fourth-order valence-corrected chi connectivity index (χ4v) is 6.33. The second-order valence-corrected chi connectivity index (χ2v) is 11.1. The molecule has 204 valence electrons. The average molecular weight is 545 g/mol. The van der Waals surface area contributed by atoms with Gasteiger partial charge in [0, 0.05) is 32.3 Å². The summed E-state index contributed by atoms with van der Waals surface area (Å²) >= 11 is 0. The molecule has 2 fully saturated rings. The van der Waals surface area contributed by atoms with E-state index in [9.17, 15) is 28.2 Å². The van der Waals surface area contributed by atoms with Crippen molar-refractivity contribution in [3.63, 3.8) is 0 Å². The number of sulfonamides is 1. The second-order valence-electron chi connectivity index (χ2n) is 9.13. The van der Waals surface area contributed by atoms with E-state index >= 15 is 0 Å². The Kier molecular flexibility index (Phi) is 8.39. The Morgan fingerprint density at radius 2 is 1.74 bits per heavy atom. The number of piperidine rings is 1. The Hall–Kier alpha value is -3.41. The van der Waals surface area contributed by atoms with Crippen molar-refractivity contribution in [3.8, 4) is 11.5 Å². The van der Waals surface area contributed by atoms with E-state index in [0.717, 1.165) is 19.3 Å². The third-order valence-electron chi connectivity index (χ3n) is 6.76. The van der Waals surface area contributed by atoms with Gasteiger partial charge in [-0.25, -0.2) is 8.42 Å². The largest absolute Gasteiger partial charge is 0.507 e. The van der Waals surface area contributed by atoms with E-state index < -0.39 is 33.5 Å². The number of aromatic hydroxyl groups is 1. The SMILES string of the molecule is CCOc1cc([C@@H]2/C(=C(\O)c3ccc(S(=O)(=O)N4CCCCC4)cc3)C(=O)C(=O)N2CCOC)ccc1O. The van der Waals surface area contributed by atoms with Crippen LogP contribution in [0.4, 0.5) is 0 Å². The molecule has 2 aliphatic heterocycles. The Morgan fingerprint density at radius 1 is 1.05 bits per heavy atom. The predicted molar refractivity (Wildman–Crippen MR) is 139 cm³/mol. The first-order valence-corrected chi connectivity index (χ1v) is 14.0. The number of aliphatic hydroxyl groups excluding tert-OH is 1. The van der Waals surface area contributed by atoms with Gasteiger partial charge in [0.05, 0.1) is 29.7 Å². The maximum atomic E-state index is 13.2. The molecule has 4 rings (SSSR count). The van der Waals surface area contributed by atoms with Gasteiger partial charge in [-0.3, -0.25) is 9.59 Å². The minimum absolute atomic E-state index is 0.0837. The Morgan fingerprint density at radius 3 is 2.37 bits per heavy atom. The summed E-state index contributed by atoms with van der Waals surface area (Å²) in [4.78, 5) is 27.5. The van der Waals surface area contributed by atoms with Gasteiger partial charge >= 0.3 is 0 Å². The maximum absolute atomic E-state index is 13.2. The molecule has 1 atom stereocenters. The van der Waals surface area contributed by atoms with E-state index in [-0.39, 0.29) is 47.3 Å². The molecule has 2 aromatic carbocycles. The van der Waals surface area contributed by atoms with Crippen molar-refractivity contribution < 1.29 is 37.7 Å². The number of aliphatic hydroxyl groups is 1. The van der Waals surface area contributed by atoms with Gasteiger partial charge in [0.15, 0.2) is 11.5 Å². The molecule has 2 N–H and O–H groups in total. The highest BCUT2D eigenvalue weighted by atomic mass is 32.2. The Balaban J connectivity index is 1.76. The van der Waals surface area contributed by atoms with Crippen molar-refractivity contribution in [1.29, 1.82) is 0 Å². The lowest BCUT2D eigenvalue weighted by Crippen LogP contribution is -2.35. The van der Waals surface area contributed by atoms with Gasteiger partial charge < -0.3 is 24.6 Å². The number of phenols is 1. The van der Waals surface area contributed by atoms with Crippen LogP contribution in [0, 0.1) is 0 Å². The van der Waals surface area contributed by atoms with Crippen molar-refractivity contribution in [1.82, 2.24) is 9.21 Å². The predicted octanol–water partition coefficient (Wildman–Crippen LogP) is 3.03. The number of likely N-dealkylation sites (tertiary alicyclic amines) is 1. The number of phenolic OH excluding ortho intramolecular Hbond substituents is 1. The summed E-state index contributed by atoms with van der Waals surface area (Å²) in [6, 6.07) is 9.14.